The Labute approximate surface area is 92.5 Å². The number of halogens is 3. The number of nitrogens with two attached hydrogens (primary N) is 1. The summed E-state index contributed by atoms with van der Waals surface area (Å²) < 4.78 is 37.0. The molecule has 2 rings (SSSR count). The topological polar surface area (TPSA) is 26.0 Å². The third-order valence-electron chi connectivity index (χ3n) is 3.22. The molecule has 0 saturated heterocycles. The number of alkyl halides is 3. The molecule has 1 nitrogen and oxygen atoms in total. The van der Waals surface area contributed by atoms with Gasteiger partial charge in [-0.25, -0.2) is 0 Å². The first-order chi connectivity index (χ1) is 7.48. The Hall–Kier alpha value is -1.03. The molecule has 0 spiro atoms. The van der Waals surface area contributed by atoms with E-state index < -0.39 is 12.2 Å². The summed E-state index contributed by atoms with van der Waals surface area (Å²) in [6.07, 6.45) is -0.859. The summed E-state index contributed by atoms with van der Waals surface area (Å²) in [6.45, 7) is 0. The van der Waals surface area contributed by atoms with Crippen LogP contribution in [0.25, 0.3) is 0 Å². The lowest BCUT2D eigenvalue weighted by Gasteiger charge is -2.26. The summed E-state index contributed by atoms with van der Waals surface area (Å²) in [6, 6.07) is 4.65. The normalized spacial score (nSPS) is 19.2. The van der Waals surface area contributed by atoms with E-state index in [9.17, 15) is 13.2 Å². The van der Waals surface area contributed by atoms with Crippen LogP contribution in [-0.2, 0) is 0 Å². The molecule has 0 aromatic heterocycles. The third kappa shape index (κ3) is 2.21. The van der Waals surface area contributed by atoms with Crippen LogP contribution in [0.3, 0.4) is 0 Å². The standard InChI is InChI=1S/C12H14F3N/c13-12(14,15)11(16)10-6-4-9(5-7-10)8-2-1-3-8/h4-8,11H,1-3,16H2. The van der Waals surface area contributed by atoms with Gasteiger partial charge in [-0.15, -0.1) is 0 Å². The highest BCUT2D eigenvalue weighted by Gasteiger charge is 2.37. The predicted molar refractivity (Wildman–Crippen MR) is 56.0 cm³/mol. The Bertz CT molecular complexity index is 352. The van der Waals surface area contributed by atoms with E-state index in [0.717, 1.165) is 18.4 Å². The molecule has 1 aliphatic carbocycles. The zero-order valence-corrected chi connectivity index (χ0v) is 8.80. The Morgan fingerprint density at radius 1 is 1.12 bits per heavy atom. The third-order valence-corrected chi connectivity index (χ3v) is 3.22. The molecule has 1 saturated carbocycles. The second-order valence-electron chi connectivity index (χ2n) is 4.31. The van der Waals surface area contributed by atoms with Crippen LogP contribution in [0.5, 0.6) is 0 Å². The molecule has 1 fully saturated rings. The van der Waals surface area contributed by atoms with Crippen LogP contribution >= 0.6 is 0 Å². The van der Waals surface area contributed by atoms with Gasteiger partial charge in [0.15, 0.2) is 0 Å². The smallest absolute Gasteiger partial charge is 0.316 e. The first-order valence-electron chi connectivity index (χ1n) is 5.40. The second-order valence-corrected chi connectivity index (χ2v) is 4.31. The fraction of sp³-hybridized carbons (Fsp3) is 0.500. The Balaban J connectivity index is 2.12. The number of hydrogen-bond donors (Lipinski definition) is 1. The summed E-state index contributed by atoms with van der Waals surface area (Å²) in [5.41, 5.74) is 6.38. The van der Waals surface area contributed by atoms with Gasteiger partial charge in [-0.05, 0) is 29.9 Å². The lowest BCUT2D eigenvalue weighted by Crippen LogP contribution is -2.28. The van der Waals surface area contributed by atoms with Crippen LogP contribution in [0.4, 0.5) is 13.2 Å². The first kappa shape index (κ1) is 11.5. The summed E-state index contributed by atoms with van der Waals surface area (Å²) in [5, 5.41) is 0. The number of hydrogen-bond acceptors (Lipinski definition) is 1. The van der Waals surface area contributed by atoms with Gasteiger partial charge in [-0.3, -0.25) is 0 Å². The number of benzene rings is 1. The molecule has 4 heteroatoms. The van der Waals surface area contributed by atoms with Crippen molar-refractivity contribution in [3.8, 4) is 0 Å². The summed E-state index contributed by atoms with van der Waals surface area (Å²) >= 11 is 0. The fourth-order valence-electron chi connectivity index (χ4n) is 1.91. The Kier molecular flexibility index (Phi) is 2.93. The average molecular weight is 229 g/mol. The maximum Gasteiger partial charge on any atom is 0.407 e. The quantitative estimate of drug-likeness (QED) is 0.825. The van der Waals surface area contributed by atoms with Crippen molar-refractivity contribution in [1.82, 2.24) is 0 Å². The van der Waals surface area contributed by atoms with Crippen molar-refractivity contribution < 1.29 is 13.2 Å². The largest absolute Gasteiger partial charge is 0.407 e. The molecule has 88 valence electrons. The molecule has 16 heavy (non-hydrogen) atoms. The molecule has 0 amide bonds. The van der Waals surface area contributed by atoms with Crippen molar-refractivity contribution in [2.24, 2.45) is 5.73 Å². The molecule has 1 atom stereocenters. The highest BCUT2D eigenvalue weighted by molar-refractivity contribution is 5.28. The SMILES string of the molecule is NC(c1ccc(C2CCC2)cc1)C(F)(F)F. The van der Waals surface area contributed by atoms with Crippen molar-refractivity contribution in [2.75, 3.05) is 0 Å². The lowest BCUT2D eigenvalue weighted by atomic mass is 9.80. The van der Waals surface area contributed by atoms with Crippen LogP contribution in [0, 0.1) is 0 Å². The van der Waals surface area contributed by atoms with Gasteiger partial charge in [0.1, 0.15) is 6.04 Å². The molecule has 0 bridgehead atoms. The zero-order valence-electron chi connectivity index (χ0n) is 8.80. The van der Waals surface area contributed by atoms with E-state index >= 15 is 0 Å². The first-order valence-corrected chi connectivity index (χ1v) is 5.40. The van der Waals surface area contributed by atoms with Crippen LogP contribution in [0.15, 0.2) is 24.3 Å². The van der Waals surface area contributed by atoms with Crippen LogP contribution < -0.4 is 5.73 Å². The van der Waals surface area contributed by atoms with Crippen molar-refractivity contribution >= 4 is 0 Å². The number of rotatable bonds is 2. The maximum absolute atomic E-state index is 12.3. The average Bonchev–Trinajstić information content (AvgIpc) is 2.14. The monoisotopic (exact) mass is 229 g/mol. The fourth-order valence-corrected chi connectivity index (χ4v) is 1.91. The van der Waals surface area contributed by atoms with E-state index in [1.54, 1.807) is 12.1 Å². The highest BCUT2D eigenvalue weighted by atomic mass is 19.4. The van der Waals surface area contributed by atoms with Crippen LogP contribution in [-0.4, -0.2) is 6.18 Å². The van der Waals surface area contributed by atoms with Crippen molar-refractivity contribution in [1.29, 1.82) is 0 Å². The molecular weight excluding hydrogens is 215 g/mol. The van der Waals surface area contributed by atoms with Crippen LogP contribution in [0.1, 0.15) is 42.3 Å². The lowest BCUT2D eigenvalue weighted by molar-refractivity contribution is -0.149. The van der Waals surface area contributed by atoms with Crippen molar-refractivity contribution in [3.63, 3.8) is 0 Å². The molecule has 1 aliphatic rings. The van der Waals surface area contributed by atoms with E-state index in [2.05, 4.69) is 0 Å². The van der Waals surface area contributed by atoms with E-state index in [1.165, 1.54) is 18.6 Å². The zero-order chi connectivity index (χ0) is 11.8. The Morgan fingerprint density at radius 2 is 1.69 bits per heavy atom. The summed E-state index contributed by atoms with van der Waals surface area (Å²) in [5.74, 6) is 0.538. The minimum atomic E-state index is -4.36. The Morgan fingerprint density at radius 3 is 2.06 bits per heavy atom. The molecule has 1 aromatic rings. The highest BCUT2D eigenvalue weighted by Crippen LogP contribution is 2.37. The van der Waals surface area contributed by atoms with Gasteiger partial charge in [-0.2, -0.15) is 13.2 Å². The van der Waals surface area contributed by atoms with Gasteiger partial charge in [0.2, 0.25) is 0 Å². The maximum atomic E-state index is 12.3. The van der Waals surface area contributed by atoms with Gasteiger partial charge in [0, 0.05) is 0 Å². The van der Waals surface area contributed by atoms with Gasteiger partial charge >= 0.3 is 6.18 Å². The van der Waals surface area contributed by atoms with Gasteiger partial charge in [-0.1, -0.05) is 30.7 Å². The minimum absolute atomic E-state index is 0.135. The second kappa shape index (κ2) is 4.09. The molecule has 1 aromatic carbocycles. The molecule has 0 heterocycles. The van der Waals surface area contributed by atoms with E-state index in [1.807, 2.05) is 0 Å². The van der Waals surface area contributed by atoms with E-state index in [4.69, 9.17) is 5.73 Å². The van der Waals surface area contributed by atoms with Gasteiger partial charge in [0.25, 0.3) is 0 Å². The van der Waals surface area contributed by atoms with Crippen molar-refractivity contribution in [3.05, 3.63) is 35.4 Å². The van der Waals surface area contributed by atoms with Crippen LogP contribution in [0.2, 0.25) is 0 Å². The minimum Gasteiger partial charge on any atom is -0.316 e. The predicted octanol–water partition coefficient (Wildman–Crippen LogP) is 3.52. The van der Waals surface area contributed by atoms with E-state index in [-0.39, 0.29) is 5.56 Å². The molecule has 0 aliphatic heterocycles. The molecule has 1 unspecified atom stereocenters. The van der Waals surface area contributed by atoms with Gasteiger partial charge < -0.3 is 5.73 Å². The molecule has 2 N–H and O–H groups in total. The summed E-state index contributed by atoms with van der Waals surface area (Å²) in [7, 11) is 0. The van der Waals surface area contributed by atoms with E-state index in [0.29, 0.717) is 5.92 Å². The summed E-state index contributed by atoms with van der Waals surface area (Å²) in [4.78, 5) is 0. The van der Waals surface area contributed by atoms with Crippen molar-refractivity contribution in [2.45, 2.75) is 37.4 Å². The molecule has 0 radical (unpaired) electrons. The molecular formula is C12H14F3N. The van der Waals surface area contributed by atoms with Gasteiger partial charge in [0.05, 0.1) is 0 Å².